The van der Waals surface area contributed by atoms with E-state index in [1.54, 1.807) is 12.3 Å². The summed E-state index contributed by atoms with van der Waals surface area (Å²) < 4.78 is 10.7. The van der Waals surface area contributed by atoms with Crippen molar-refractivity contribution in [3.05, 3.63) is 29.3 Å². The van der Waals surface area contributed by atoms with E-state index in [4.69, 9.17) is 21.1 Å². The Bertz CT molecular complexity index is 548. The first-order chi connectivity index (χ1) is 9.17. The Labute approximate surface area is 115 Å². The molecule has 0 amide bonds. The summed E-state index contributed by atoms with van der Waals surface area (Å²) in [6, 6.07) is 3.83. The van der Waals surface area contributed by atoms with Crippen LogP contribution in [0, 0.1) is 6.92 Å². The second kappa shape index (κ2) is 6.29. The van der Waals surface area contributed by atoms with Gasteiger partial charge >= 0.3 is 12.0 Å². The van der Waals surface area contributed by atoms with E-state index in [0.717, 1.165) is 12.1 Å². The Morgan fingerprint density at radius 3 is 2.63 bits per heavy atom. The van der Waals surface area contributed by atoms with Gasteiger partial charge in [-0.3, -0.25) is 4.98 Å². The predicted octanol–water partition coefficient (Wildman–Crippen LogP) is 2.81. The molecular weight excluding hydrogens is 268 g/mol. The lowest BCUT2D eigenvalue weighted by Gasteiger charge is -2.06. The number of rotatable bonds is 5. The fourth-order valence-corrected chi connectivity index (χ4v) is 1.38. The van der Waals surface area contributed by atoms with Crippen LogP contribution in [0.25, 0.3) is 0 Å². The molecule has 0 saturated carbocycles. The van der Waals surface area contributed by atoms with Crippen LogP contribution >= 0.6 is 11.6 Å². The van der Waals surface area contributed by atoms with Crippen molar-refractivity contribution >= 4 is 11.6 Å². The monoisotopic (exact) mass is 280 g/mol. The molecule has 7 heteroatoms. The standard InChI is InChI=1S/C12H13ClN4O2/c1-3-6-18-11-15-10(13)16-12(17-11)19-9-5-4-8(2)14-7-9/h4-5,7H,3,6H2,1-2H3. The van der Waals surface area contributed by atoms with Crippen LogP contribution in [0.3, 0.4) is 0 Å². The molecule has 0 saturated heterocycles. The lowest BCUT2D eigenvalue weighted by Crippen LogP contribution is -2.03. The van der Waals surface area contributed by atoms with Crippen molar-refractivity contribution in [1.29, 1.82) is 0 Å². The number of halogens is 1. The van der Waals surface area contributed by atoms with Gasteiger partial charge in [-0.25, -0.2) is 0 Å². The molecule has 2 aromatic rings. The first-order valence-electron chi connectivity index (χ1n) is 5.82. The third-order valence-electron chi connectivity index (χ3n) is 2.10. The van der Waals surface area contributed by atoms with Crippen LogP contribution in [0.2, 0.25) is 5.28 Å². The summed E-state index contributed by atoms with van der Waals surface area (Å²) in [5, 5.41) is 0.0242. The van der Waals surface area contributed by atoms with Crippen molar-refractivity contribution in [3.63, 3.8) is 0 Å². The number of hydrogen-bond donors (Lipinski definition) is 0. The van der Waals surface area contributed by atoms with Crippen LogP contribution in [0.4, 0.5) is 0 Å². The van der Waals surface area contributed by atoms with E-state index in [2.05, 4.69) is 19.9 Å². The third-order valence-corrected chi connectivity index (χ3v) is 2.26. The zero-order valence-electron chi connectivity index (χ0n) is 10.6. The van der Waals surface area contributed by atoms with Gasteiger partial charge in [-0.2, -0.15) is 9.97 Å². The highest BCUT2D eigenvalue weighted by Crippen LogP contribution is 2.19. The fourth-order valence-electron chi connectivity index (χ4n) is 1.24. The molecule has 0 fully saturated rings. The summed E-state index contributed by atoms with van der Waals surface area (Å²) in [6.07, 6.45) is 2.43. The van der Waals surface area contributed by atoms with Gasteiger partial charge in [0.15, 0.2) is 0 Å². The van der Waals surface area contributed by atoms with Gasteiger partial charge in [0.1, 0.15) is 5.75 Å². The maximum Gasteiger partial charge on any atom is 0.329 e. The maximum atomic E-state index is 5.78. The molecule has 0 atom stereocenters. The Morgan fingerprint density at radius 2 is 1.95 bits per heavy atom. The summed E-state index contributed by atoms with van der Waals surface area (Å²) in [4.78, 5) is 15.8. The SMILES string of the molecule is CCCOc1nc(Cl)nc(Oc2ccc(C)nc2)n1. The fraction of sp³-hybridized carbons (Fsp3) is 0.333. The van der Waals surface area contributed by atoms with Crippen molar-refractivity contribution < 1.29 is 9.47 Å². The molecule has 0 aliphatic carbocycles. The van der Waals surface area contributed by atoms with Crippen molar-refractivity contribution in [2.24, 2.45) is 0 Å². The average molecular weight is 281 g/mol. The highest BCUT2D eigenvalue weighted by Gasteiger charge is 2.08. The lowest BCUT2D eigenvalue weighted by atomic mass is 10.4. The van der Waals surface area contributed by atoms with Gasteiger partial charge in [0.05, 0.1) is 12.8 Å². The maximum absolute atomic E-state index is 5.78. The summed E-state index contributed by atoms with van der Waals surface area (Å²) in [6.45, 7) is 4.38. The van der Waals surface area contributed by atoms with Crippen molar-refractivity contribution in [2.45, 2.75) is 20.3 Å². The zero-order chi connectivity index (χ0) is 13.7. The smallest absolute Gasteiger partial charge is 0.329 e. The molecule has 2 rings (SSSR count). The molecule has 19 heavy (non-hydrogen) atoms. The van der Waals surface area contributed by atoms with Gasteiger partial charge in [-0.1, -0.05) is 6.92 Å². The highest BCUT2D eigenvalue weighted by molar-refractivity contribution is 6.28. The lowest BCUT2D eigenvalue weighted by molar-refractivity contribution is 0.284. The molecule has 0 N–H and O–H groups in total. The second-order valence-corrected chi connectivity index (χ2v) is 4.09. The van der Waals surface area contributed by atoms with Gasteiger partial charge in [0.25, 0.3) is 0 Å². The third kappa shape index (κ3) is 4.03. The first kappa shape index (κ1) is 13.5. The van der Waals surface area contributed by atoms with E-state index in [-0.39, 0.29) is 17.3 Å². The highest BCUT2D eigenvalue weighted by atomic mass is 35.5. The molecule has 2 heterocycles. The van der Waals surface area contributed by atoms with Gasteiger partial charge < -0.3 is 9.47 Å². The first-order valence-corrected chi connectivity index (χ1v) is 6.20. The Balaban J connectivity index is 2.15. The molecule has 0 aliphatic rings. The van der Waals surface area contributed by atoms with E-state index < -0.39 is 0 Å². The Kier molecular flexibility index (Phi) is 4.46. The topological polar surface area (TPSA) is 70.0 Å². The summed E-state index contributed by atoms with van der Waals surface area (Å²) in [7, 11) is 0. The Morgan fingerprint density at radius 1 is 1.16 bits per heavy atom. The molecule has 2 aromatic heterocycles. The molecular formula is C12H13ClN4O2. The van der Waals surface area contributed by atoms with Crippen LogP contribution < -0.4 is 9.47 Å². The van der Waals surface area contributed by atoms with Gasteiger partial charge in [-0.05, 0) is 37.1 Å². The van der Waals surface area contributed by atoms with Gasteiger partial charge in [0.2, 0.25) is 5.28 Å². The molecule has 6 nitrogen and oxygen atoms in total. The minimum absolute atomic E-state index is 0.0242. The summed E-state index contributed by atoms with van der Waals surface area (Å²) >= 11 is 5.78. The summed E-state index contributed by atoms with van der Waals surface area (Å²) in [5.41, 5.74) is 0.896. The number of hydrogen-bond acceptors (Lipinski definition) is 6. The van der Waals surface area contributed by atoms with Crippen LogP contribution in [0.5, 0.6) is 17.8 Å². The zero-order valence-corrected chi connectivity index (χ0v) is 11.4. The second-order valence-electron chi connectivity index (χ2n) is 3.76. The molecule has 0 spiro atoms. The largest absolute Gasteiger partial charge is 0.463 e. The van der Waals surface area contributed by atoms with E-state index in [0.29, 0.717) is 12.4 Å². The van der Waals surface area contributed by atoms with Crippen LogP contribution in [-0.2, 0) is 0 Å². The molecule has 0 bridgehead atoms. The Hall–Kier alpha value is -1.95. The van der Waals surface area contributed by atoms with Gasteiger partial charge in [0, 0.05) is 5.69 Å². The number of pyridine rings is 1. The quantitative estimate of drug-likeness (QED) is 0.839. The average Bonchev–Trinajstić information content (AvgIpc) is 2.38. The van der Waals surface area contributed by atoms with Crippen LogP contribution in [0.1, 0.15) is 19.0 Å². The van der Waals surface area contributed by atoms with Crippen molar-refractivity contribution in [1.82, 2.24) is 19.9 Å². The minimum atomic E-state index is 0.0242. The number of aryl methyl sites for hydroxylation is 1. The molecule has 0 aliphatic heterocycles. The predicted molar refractivity (Wildman–Crippen MR) is 69.7 cm³/mol. The molecule has 0 radical (unpaired) electrons. The molecule has 0 unspecified atom stereocenters. The number of ether oxygens (including phenoxy) is 2. The van der Waals surface area contributed by atoms with E-state index in [1.165, 1.54) is 0 Å². The van der Waals surface area contributed by atoms with Crippen LogP contribution in [0.15, 0.2) is 18.3 Å². The number of aromatic nitrogens is 4. The van der Waals surface area contributed by atoms with Crippen molar-refractivity contribution in [3.8, 4) is 17.8 Å². The molecule has 100 valence electrons. The minimum Gasteiger partial charge on any atom is -0.463 e. The normalized spacial score (nSPS) is 10.3. The van der Waals surface area contributed by atoms with E-state index in [9.17, 15) is 0 Å². The summed E-state index contributed by atoms with van der Waals surface area (Å²) in [5.74, 6) is 0.523. The van der Waals surface area contributed by atoms with Crippen LogP contribution in [-0.4, -0.2) is 26.5 Å². The van der Waals surface area contributed by atoms with E-state index in [1.807, 2.05) is 19.9 Å². The van der Waals surface area contributed by atoms with E-state index >= 15 is 0 Å². The van der Waals surface area contributed by atoms with Crippen molar-refractivity contribution in [2.75, 3.05) is 6.61 Å². The number of nitrogens with zero attached hydrogens (tertiary/aromatic N) is 4. The molecule has 0 aromatic carbocycles. The van der Waals surface area contributed by atoms with Gasteiger partial charge in [-0.15, -0.1) is 4.98 Å².